The van der Waals surface area contributed by atoms with Crippen molar-refractivity contribution in [3.8, 4) is 6.07 Å². The fourth-order valence-electron chi connectivity index (χ4n) is 1.86. The molecule has 0 radical (unpaired) electrons. The predicted molar refractivity (Wildman–Crippen MR) is 64.4 cm³/mol. The average Bonchev–Trinajstić information content (AvgIpc) is 2.36. The summed E-state index contributed by atoms with van der Waals surface area (Å²) in [5, 5.41) is 8.91. The number of alkyl halides is 3. The number of nitrogens with zero attached hydrogens (tertiary/aromatic N) is 1. The van der Waals surface area contributed by atoms with Gasteiger partial charge in [0.2, 0.25) is 0 Å². The van der Waals surface area contributed by atoms with Gasteiger partial charge >= 0.3 is 12.1 Å². The van der Waals surface area contributed by atoms with Gasteiger partial charge in [0.25, 0.3) is 0 Å². The monoisotopic (exact) mass is 286 g/mol. The van der Waals surface area contributed by atoms with Gasteiger partial charge in [-0.15, -0.1) is 0 Å². The lowest BCUT2D eigenvalue weighted by Gasteiger charge is -2.17. The molecule has 0 aliphatic heterocycles. The molecule has 2 N–H and O–H groups in total. The van der Waals surface area contributed by atoms with Crippen LogP contribution in [0.1, 0.15) is 29.2 Å². The maximum absolute atomic E-state index is 13.1. The molecule has 0 unspecified atom stereocenters. The smallest absolute Gasteiger partial charge is 0.417 e. The van der Waals surface area contributed by atoms with Crippen molar-refractivity contribution in [2.24, 2.45) is 5.73 Å². The second-order valence-corrected chi connectivity index (χ2v) is 3.92. The molecule has 0 aliphatic rings. The van der Waals surface area contributed by atoms with Crippen LogP contribution >= 0.6 is 0 Å². The van der Waals surface area contributed by atoms with Gasteiger partial charge in [0, 0.05) is 6.54 Å². The second kappa shape index (κ2) is 6.39. The Bertz CT molecular complexity index is 548. The van der Waals surface area contributed by atoms with Crippen LogP contribution in [0.3, 0.4) is 0 Å². The Morgan fingerprint density at radius 2 is 2.10 bits per heavy atom. The van der Waals surface area contributed by atoms with Gasteiger partial charge in [-0.3, -0.25) is 4.79 Å². The van der Waals surface area contributed by atoms with Crippen molar-refractivity contribution in [3.05, 3.63) is 34.4 Å². The summed E-state index contributed by atoms with van der Waals surface area (Å²) in [5.74, 6) is -0.816. The summed E-state index contributed by atoms with van der Waals surface area (Å²) in [5.41, 5.74) is 3.53. The standard InChI is InChI=1S/C13H13F3N2O2/c1-2-20-11(19)5-10-8(6-17)3-4-9(7-18)12(10)13(14,15)16/h3-4H,2,5,7,18H2,1H3. The third-order valence-corrected chi connectivity index (χ3v) is 2.65. The number of nitrogens with two attached hydrogens (primary N) is 1. The fourth-order valence-corrected chi connectivity index (χ4v) is 1.86. The first-order valence-corrected chi connectivity index (χ1v) is 5.82. The highest BCUT2D eigenvalue weighted by Crippen LogP contribution is 2.36. The number of carbonyl (C=O) groups excluding carboxylic acids is 1. The molecule has 0 saturated carbocycles. The first kappa shape index (κ1) is 16.0. The van der Waals surface area contributed by atoms with Crippen molar-refractivity contribution in [2.45, 2.75) is 26.1 Å². The zero-order valence-electron chi connectivity index (χ0n) is 10.8. The average molecular weight is 286 g/mol. The van der Waals surface area contributed by atoms with Gasteiger partial charge in [-0.25, -0.2) is 0 Å². The third-order valence-electron chi connectivity index (χ3n) is 2.65. The van der Waals surface area contributed by atoms with Gasteiger partial charge in [-0.05, 0) is 24.1 Å². The topological polar surface area (TPSA) is 76.1 Å². The van der Waals surface area contributed by atoms with Crippen molar-refractivity contribution in [1.82, 2.24) is 0 Å². The molecule has 0 heterocycles. The molecular weight excluding hydrogens is 273 g/mol. The van der Waals surface area contributed by atoms with Gasteiger partial charge in [-0.2, -0.15) is 18.4 Å². The molecule has 4 nitrogen and oxygen atoms in total. The molecule has 0 atom stereocenters. The number of carbonyl (C=O) groups is 1. The van der Waals surface area contributed by atoms with Crippen LogP contribution in [0.15, 0.2) is 12.1 Å². The lowest BCUT2D eigenvalue weighted by Crippen LogP contribution is -2.19. The summed E-state index contributed by atoms with van der Waals surface area (Å²) in [7, 11) is 0. The summed E-state index contributed by atoms with van der Waals surface area (Å²) in [6.07, 6.45) is -5.30. The molecule has 7 heteroatoms. The van der Waals surface area contributed by atoms with Crippen molar-refractivity contribution in [1.29, 1.82) is 5.26 Å². The molecule has 0 aliphatic carbocycles. The van der Waals surface area contributed by atoms with Crippen LogP contribution < -0.4 is 5.73 Å². The Balaban J connectivity index is 3.44. The van der Waals surface area contributed by atoms with Gasteiger partial charge in [0.1, 0.15) is 0 Å². The van der Waals surface area contributed by atoms with Crippen molar-refractivity contribution < 1.29 is 22.7 Å². The molecule has 0 bridgehead atoms. The molecule has 0 spiro atoms. The minimum atomic E-state index is -4.69. The normalized spacial score (nSPS) is 11.0. The van der Waals surface area contributed by atoms with Crippen LogP contribution in [0.5, 0.6) is 0 Å². The quantitative estimate of drug-likeness (QED) is 0.860. The molecule has 0 amide bonds. The zero-order chi connectivity index (χ0) is 15.3. The predicted octanol–water partition coefficient (Wildman–Crippen LogP) is 2.14. The number of halogens is 3. The number of benzene rings is 1. The maximum atomic E-state index is 13.1. The van der Waals surface area contributed by atoms with E-state index in [9.17, 15) is 18.0 Å². The van der Waals surface area contributed by atoms with E-state index in [2.05, 4.69) is 4.74 Å². The second-order valence-electron chi connectivity index (χ2n) is 3.92. The molecular formula is C13H13F3N2O2. The minimum Gasteiger partial charge on any atom is -0.466 e. The van der Waals surface area contributed by atoms with E-state index >= 15 is 0 Å². The Morgan fingerprint density at radius 1 is 1.45 bits per heavy atom. The number of esters is 1. The molecule has 0 fully saturated rings. The zero-order valence-corrected chi connectivity index (χ0v) is 10.8. The van der Waals surface area contributed by atoms with E-state index in [-0.39, 0.29) is 29.8 Å². The maximum Gasteiger partial charge on any atom is 0.417 e. The Morgan fingerprint density at radius 3 is 2.55 bits per heavy atom. The molecule has 0 aromatic heterocycles. The highest BCUT2D eigenvalue weighted by atomic mass is 19.4. The Hall–Kier alpha value is -2.07. The van der Waals surface area contributed by atoms with Crippen LogP contribution in [0.25, 0.3) is 0 Å². The van der Waals surface area contributed by atoms with Crippen LogP contribution in [0.2, 0.25) is 0 Å². The van der Waals surface area contributed by atoms with Crippen LogP contribution in [0.4, 0.5) is 13.2 Å². The molecule has 0 saturated heterocycles. The van der Waals surface area contributed by atoms with Gasteiger partial charge in [0.15, 0.2) is 0 Å². The van der Waals surface area contributed by atoms with E-state index in [1.54, 1.807) is 13.0 Å². The van der Waals surface area contributed by atoms with E-state index in [1.165, 1.54) is 6.07 Å². The van der Waals surface area contributed by atoms with Crippen molar-refractivity contribution >= 4 is 5.97 Å². The molecule has 1 aromatic carbocycles. The van der Waals surface area contributed by atoms with Crippen LogP contribution in [0, 0.1) is 11.3 Å². The fraction of sp³-hybridized carbons (Fsp3) is 0.385. The molecule has 1 rings (SSSR count). The third kappa shape index (κ3) is 3.48. The van der Waals surface area contributed by atoms with E-state index in [0.717, 1.165) is 6.07 Å². The number of ether oxygens (including phenoxy) is 1. The van der Waals surface area contributed by atoms with Gasteiger partial charge in [-0.1, -0.05) is 6.07 Å². The largest absolute Gasteiger partial charge is 0.466 e. The number of hydrogen-bond acceptors (Lipinski definition) is 4. The van der Waals surface area contributed by atoms with E-state index < -0.39 is 24.1 Å². The highest BCUT2D eigenvalue weighted by molar-refractivity contribution is 5.74. The van der Waals surface area contributed by atoms with Gasteiger partial charge in [0.05, 0.1) is 30.2 Å². The molecule has 20 heavy (non-hydrogen) atoms. The first-order chi connectivity index (χ1) is 9.35. The van der Waals surface area contributed by atoms with Crippen LogP contribution in [-0.4, -0.2) is 12.6 Å². The number of rotatable bonds is 4. The number of hydrogen-bond donors (Lipinski definition) is 1. The van der Waals surface area contributed by atoms with Crippen molar-refractivity contribution in [2.75, 3.05) is 6.61 Å². The van der Waals surface area contributed by atoms with E-state index in [1.807, 2.05) is 0 Å². The van der Waals surface area contributed by atoms with Crippen molar-refractivity contribution in [3.63, 3.8) is 0 Å². The molecule has 108 valence electrons. The van der Waals surface area contributed by atoms with Gasteiger partial charge < -0.3 is 10.5 Å². The molecule has 1 aromatic rings. The highest BCUT2D eigenvalue weighted by Gasteiger charge is 2.37. The Labute approximate surface area is 113 Å². The Kier molecular flexibility index (Phi) is 5.11. The summed E-state index contributed by atoms with van der Waals surface area (Å²) >= 11 is 0. The van der Waals surface area contributed by atoms with Crippen LogP contribution in [-0.2, 0) is 28.7 Å². The lowest BCUT2D eigenvalue weighted by atomic mass is 9.93. The van der Waals surface area contributed by atoms with E-state index in [4.69, 9.17) is 11.0 Å². The summed E-state index contributed by atoms with van der Waals surface area (Å²) in [6.45, 7) is 1.26. The SMILES string of the molecule is CCOC(=O)Cc1c(C#N)ccc(CN)c1C(F)(F)F. The number of nitriles is 1. The lowest BCUT2D eigenvalue weighted by molar-refractivity contribution is -0.143. The summed E-state index contributed by atoms with van der Waals surface area (Å²) in [4.78, 5) is 11.4. The summed E-state index contributed by atoms with van der Waals surface area (Å²) in [6, 6.07) is 4.04. The summed E-state index contributed by atoms with van der Waals surface area (Å²) < 4.78 is 44.0. The minimum absolute atomic E-state index is 0.0542. The first-order valence-electron chi connectivity index (χ1n) is 5.82. The van der Waals surface area contributed by atoms with E-state index in [0.29, 0.717) is 0 Å².